The SMILES string of the molecule is CCOc1ccccc1Nc1ccc(C(=O)NCc2cccnc2)cn1. The van der Waals surface area contributed by atoms with Crippen LogP contribution in [0.4, 0.5) is 11.5 Å². The van der Waals surface area contributed by atoms with Gasteiger partial charge in [-0.1, -0.05) is 18.2 Å². The van der Waals surface area contributed by atoms with Crippen LogP contribution in [0.2, 0.25) is 0 Å². The number of carbonyl (C=O) groups excluding carboxylic acids is 1. The van der Waals surface area contributed by atoms with Crippen LogP contribution in [-0.2, 0) is 6.54 Å². The summed E-state index contributed by atoms with van der Waals surface area (Å²) in [5, 5.41) is 6.06. The number of anilines is 2. The van der Waals surface area contributed by atoms with Crippen LogP contribution in [0, 0.1) is 0 Å². The zero-order valence-electron chi connectivity index (χ0n) is 14.5. The number of ether oxygens (including phenoxy) is 1. The van der Waals surface area contributed by atoms with Crippen molar-refractivity contribution in [2.75, 3.05) is 11.9 Å². The summed E-state index contributed by atoms with van der Waals surface area (Å²) >= 11 is 0. The fourth-order valence-corrected chi connectivity index (χ4v) is 2.38. The Kier molecular flexibility index (Phi) is 5.77. The van der Waals surface area contributed by atoms with Gasteiger partial charge in [0.2, 0.25) is 0 Å². The molecule has 0 atom stereocenters. The number of hydrogen-bond acceptors (Lipinski definition) is 5. The van der Waals surface area contributed by atoms with Gasteiger partial charge in [-0.2, -0.15) is 0 Å². The third kappa shape index (κ3) is 4.57. The molecule has 1 amide bonds. The van der Waals surface area contributed by atoms with E-state index in [0.717, 1.165) is 17.0 Å². The molecule has 26 heavy (non-hydrogen) atoms. The lowest BCUT2D eigenvalue weighted by Crippen LogP contribution is -2.22. The van der Waals surface area contributed by atoms with Crippen molar-refractivity contribution in [1.29, 1.82) is 0 Å². The van der Waals surface area contributed by atoms with Crippen LogP contribution in [0.15, 0.2) is 67.1 Å². The molecule has 0 aliphatic rings. The topological polar surface area (TPSA) is 76.1 Å². The van der Waals surface area contributed by atoms with Gasteiger partial charge in [0.25, 0.3) is 5.91 Å². The highest BCUT2D eigenvalue weighted by atomic mass is 16.5. The number of amides is 1. The molecule has 6 nitrogen and oxygen atoms in total. The summed E-state index contributed by atoms with van der Waals surface area (Å²) in [5.41, 5.74) is 2.27. The first-order valence-corrected chi connectivity index (χ1v) is 8.38. The largest absolute Gasteiger partial charge is 0.492 e. The number of para-hydroxylation sites is 2. The average molecular weight is 348 g/mol. The minimum atomic E-state index is -0.178. The van der Waals surface area contributed by atoms with Gasteiger partial charge in [0.05, 0.1) is 17.9 Å². The first-order valence-electron chi connectivity index (χ1n) is 8.38. The predicted octanol–water partition coefficient (Wildman–Crippen LogP) is 3.55. The highest BCUT2D eigenvalue weighted by Gasteiger charge is 2.08. The fraction of sp³-hybridized carbons (Fsp3) is 0.150. The third-order valence-corrected chi connectivity index (χ3v) is 3.65. The third-order valence-electron chi connectivity index (χ3n) is 3.65. The molecule has 0 radical (unpaired) electrons. The standard InChI is InChI=1S/C20H20N4O2/c1-2-26-18-8-4-3-7-17(18)24-19-10-9-16(14-22-19)20(25)23-13-15-6-5-11-21-12-15/h3-12,14H,2,13H2,1H3,(H,22,24)(H,23,25). The normalized spacial score (nSPS) is 10.2. The lowest BCUT2D eigenvalue weighted by atomic mass is 10.2. The van der Waals surface area contributed by atoms with Gasteiger partial charge in [0, 0.05) is 25.1 Å². The number of benzene rings is 1. The Morgan fingerprint density at radius 1 is 1.08 bits per heavy atom. The molecule has 132 valence electrons. The Morgan fingerprint density at radius 2 is 1.96 bits per heavy atom. The van der Waals surface area contributed by atoms with Crippen molar-refractivity contribution in [3.05, 3.63) is 78.2 Å². The first-order chi connectivity index (χ1) is 12.8. The molecule has 3 aromatic rings. The van der Waals surface area contributed by atoms with Crippen LogP contribution < -0.4 is 15.4 Å². The van der Waals surface area contributed by atoms with E-state index in [9.17, 15) is 4.79 Å². The Hall–Kier alpha value is -3.41. The van der Waals surface area contributed by atoms with Gasteiger partial charge in [-0.05, 0) is 42.8 Å². The van der Waals surface area contributed by atoms with Crippen molar-refractivity contribution in [2.24, 2.45) is 0 Å². The number of pyridine rings is 2. The van der Waals surface area contributed by atoms with E-state index in [1.165, 1.54) is 0 Å². The monoisotopic (exact) mass is 348 g/mol. The Labute approximate surface area is 152 Å². The van der Waals surface area contributed by atoms with Crippen LogP contribution in [0.3, 0.4) is 0 Å². The summed E-state index contributed by atoms with van der Waals surface area (Å²) < 4.78 is 5.59. The van der Waals surface area contributed by atoms with Gasteiger partial charge in [-0.3, -0.25) is 9.78 Å². The molecule has 0 aliphatic carbocycles. The zero-order chi connectivity index (χ0) is 18.2. The number of hydrogen-bond donors (Lipinski definition) is 2. The molecule has 0 spiro atoms. The highest BCUT2D eigenvalue weighted by molar-refractivity contribution is 5.94. The number of rotatable bonds is 7. The number of nitrogens with one attached hydrogen (secondary N) is 2. The van der Waals surface area contributed by atoms with E-state index in [-0.39, 0.29) is 5.91 Å². The van der Waals surface area contributed by atoms with Crippen LogP contribution in [0.5, 0.6) is 5.75 Å². The number of carbonyl (C=O) groups is 1. The minimum Gasteiger partial charge on any atom is -0.492 e. The maximum absolute atomic E-state index is 12.2. The van der Waals surface area contributed by atoms with Gasteiger partial charge < -0.3 is 15.4 Å². The highest BCUT2D eigenvalue weighted by Crippen LogP contribution is 2.26. The maximum Gasteiger partial charge on any atom is 0.253 e. The van der Waals surface area contributed by atoms with Gasteiger partial charge in [0.1, 0.15) is 11.6 Å². The summed E-state index contributed by atoms with van der Waals surface area (Å²) in [6, 6.07) is 14.9. The smallest absolute Gasteiger partial charge is 0.253 e. The van der Waals surface area contributed by atoms with E-state index in [0.29, 0.717) is 24.5 Å². The van der Waals surface area contributed by atoms with Crippen LogP contribution in [0.25, 0.3) is 0 Å². The molecule has 0 aliphatic heterocycles. The molecular weight excluding hydrogens is 328 g/mol. The summed E-state index contributed by atoms with van der Waals surface area (Å²) in [4.78, 5) is 20.6. The van der Waals surface area contributed by atoms with Crippen LogP contribution in [-0.4, -0.2) is 22.5 Å². The number of aromatic nitrogens is 2. The summed E-state index contributed by atoms with van der Waals surface area (Å²) in [5.74, 6) is 1.22. The van der Waals surface area contributed by atoms with Crippen LogP contribution in [0.1, 0.15) is 22.8 Å². The second kappa shape index (κ2) is 8.62. The predicted molar refractivity (Wildman–Crippen MR) is 101 cm³/mol. The van der Waals surface area contributed by atoms with Gasteiger partial charge in [-0.15, -0.1) is 0 Å². The average Bonchev–Trinajstić information content (AvgIpc) is 2.69. The number of nitrogens with zero attached hydrogens (tertiary/aromatic N) is 2. The minimum absolute atomic E-state index is 0.178. The molecule has 0 unspecified atom stereocenters. The van der Waals surface area contributed by atoms with E-state index in [1.807, 2.05) is 43.3 Å². The molecular formula is C20H20N4O2. The van der Waals surface area contributed by atoms with E-state index in [1.54, 1.807) is 30.7 Å². The molecule has 0 saturated carbocycles. The summed E-state index contributed by atoms with van der Waals surface area (Å²) in [6.45, 7) is 2.95. The maximum atomic E-state index is 12.2. The summed E-state index contributed by atoms with van der Waals surface area (Å²) in [7, 11) is 0. The van der Waals surface area contributed by atoms with Crippen molar-refractivity contribution >= 4 is 17.4 Å². The molecule has 2 N–H and O–H groups in total. The van der Waals surface area contributed by atoms with Crippen molar-refractivity contribution in [2.45, 2.75) is 13.5 Å². The molecule has 0 bridgehead atoms. The fourth-order valence-electron chi connectivity index (χ4n) is 2.38. The molecule has 1 aromatic carbocycles. The lowest BCUT2D eigenvalue weighted by Gasteiger charge is -2.12. The molecule has 0 fully saturated rings. The lowest BCUT2D eigenvalue weighted by molar-refractivity contribution is 0.0950. The Morgan fingerprint density at radius 3 is 2.69 bits per heavy atom. The second-order valence-corrected chi connectivity index (χ2v) is 5.53. The van der Waals surface area contributed by atoms with E-state index < -0.39 is 0 Å². The molecule has 0 saturated heterocycles. The van der Waals surface area contributed by atoms with E-state index in [2.05, 4.69) is 20.6 Å². The van der Waals surface area contributed by atoms with Gasteiger partial charge >= 0.3 is 0 Å². The van der Waals surface area contributed by atoms with Crippen molar-refractivity contribution < 1.29 is 9.53 Å². The van der Waals surface area contributed by atoms with Crippen LogP contribution >= 0.6 is 0 Å². The van der Waals surface area contributed by atoms with Gasteiger partial charge in [-0.25, -0.2) is 4.98 Å². The Bertz CT molecular complexity index is 851. The second-order valence-electron chi connectivity index (χ2n) is 5.53. The molecule has 6 heteroatoms. The van der Waals surface area contributed by atoms with Crippen molar-refractivity contribution in [3.8, 4) is 5.75 Å². The zero-order valence-corrected chi connectivity index (χ0v) is 14.5. The van der Waals surface area contributed by atoms with Crippen molar-refractivity contribution in [3.63, 3.8) is 0 Å². The van der Waals surface area contributed by atoms with E-state index >= 15 is 0 Å². The molecule has 2 heterocycles. The van der Waals surface area contributed by atoms with Gasteiger partial charge in [0.15, 0.2) is 0 Å². The molecule has 2 aromatic heterocycles. The molecule has 3 rings (SSSR count). The quantitative estimate of drug-likeness (QED) is 0.683. The summed E-state index contributed by atoms with van der Waals surface area (Å²) in [6.07, 6.45) is 4.97. The first kappa shape index (κ1) is 17.4. The Balaban J connectivity index is 1.62. The van der Waals surface area contributed by atoms with E-state index in [4.69, 9.17) is 4.74 Å². The van der Waals surface area contributed by atoms with Crippen molar-refractivity contribution in [1.82, 2.24) is 15.3 Å².